The molecule has 2 fully saturated rings. The van der Waals surface area contributed by atoms with Crippen LogP contribution in [0, 0.1) is 17.8 Å². The molecule has 5 atom stereocenters. The predicted molar refractivity (Wildman–Crippen MR) is 220 cm³/mol. The minimum absolute atomic E-state index is 0.0175. The predicted octanol–water partition coefficient (Wildman–Crippen LogP) is 3.90. The maximum absolute atomic E-state index is 14.2. The van der Waals surface area contributed by atoms with Crippen LogP contribution in [0.1, 0.15) is 120 Å². The molecule has 16 nitrogen and oxygen atoms in total. The molecule has 1 aromatic carbocycles. The molecule has 1 heterocycles. The number of halogens is 2. The molecule has 6 amide bonds. The molecule has 0 radical (unpaired) electrons. The third-order valence-corrected chi connectivity index (χ3v) is 11.2. The summed E-state index contributed by atoms with van der Waals surface area (Å²) in [5, 5.41) is 20.4. The van der Waals surface area contributed by atoms with E-state index in [1.807, 2.05) is 13.8 Å². The van der Waals surface area contributed by atoms with Crippen LogP contribution in [-0.4, -0.2) is 101 Å². The number of ether oxygens (including phenoxy) is 1. The van der Waals surface area contributed by atoms with E-state index in [-0.39, 0.29) is 59.9 Å². The lowest BCUT2D eigenvalue weighted by atomic mass is 9.83. The van der Waals surface area contributed by atoms with Crippen molar-refractivity contribution in [1.29, 1.82) is 0 Å². The molecule has 1 aliphatic heterocycles. The Balaban J connectivity index is 1.83. The SMILES string of the molecule is CCOC(=O)/C=C/CC[C@H](NC(=O)c1cc(Cl)c(Cl)cc1C(=O)O)C(=O)N[C@H](C(=O)N1CCC[C@H]1C(=O)N[C@@H](CC(C)C)C(=O)N[C@H](C(N)=O)C1CCCCC1)C(C)C. The summed E-state index contributed by atoms with van der Waals surface area (Å²) in [5.41, 5.74) is 4.89. The summed E-state index contributed by atoms with van der Waals surface area (Å²) < 4.78 is 4.89. The Labute approximate surface area is 355 Å². The number of benzene rings is 1. The lowest BCUT2D eigenvalue weighted by Gasteiger charge is -2.33. The summed E-state index contributed by atoms with van der Waals surface area (Å²) in [7, 11) is 0. The number of hydrogen-bond donors (Lipinski definition) is 6. The minimum atomic E-state index is -1.47. The largest absolute Gasteiger partial charge is 0.478 e. The number of hydrogen-bond acceptors (Lipinski definition) is 9. The molecule has 0 unspecified atom stereocenters. The highest BCUT2D eigenvalue weighted by molar-refractivity contribution is 6.42. The molecule has 0 spiro atoms. The Morgan fingerprint density at radius 1 is 0.864 bits per heavy atom. The van der Waals surface area contributed by atoms with Gasteiger partial charge >= 0.3 is 11.9 Å². The second kappa shape index (κ2) is 23.2. The maximum Gasteiger partial charge on any atom is 0.336 e. The van der Waals surface area contributed by atoms with Crippen molar-refractivity contribution in [3.63, 3.8) is 0 Å². The van der Waals surface area contributed by atoms with Crippen LogP contribution in [0.15, 0.2) is 24.3 Å². The van der Waals surface area contributed by atoms with E-state index in [1.165, 1.54) is 17.1 Å². The number of carboxylic acids is 1. The van der Waals surface area contributed by atoms with E-state index in [2.05, 4.69) is 21.3 Å². The Kier molecular flexibility index (Phi) is 19.1. The molecule has 7 N–H and O–H groups in total. The van der Waals surface area contributed by atoms with Gasteiger partial charge in [-0.05, 0) is 81.8 Å². The van der Waals surface area contributed by atoms with Crippen LogP contribution in [-0.2, 0) is 33.5 Å². The topological polar surface area (TPSA) is 243 Å². The molecule has 2 aliphatic rings. The number of carboxylic acid groups (broad SMARTS) is 1. The first-order valence-electron chi connectivity index (χ1n) is 20.2. The van der Waals surface area contributed by atoms with E-state index < -0.39 is 89.1 Å². The molecule has 1 saturated heterocycles. The smallest absolute Gasteiger partial charge is 0.336 e. The molecule has 1 aliphatic carbocycles. The zero-order valence-electron chi connectivity index (χ0n) is 34.3. The van der Waals surface area contributed by atoms with Gasteiger partial charge in [-0.3, -0.25) is 28.8 Å². The number of amides is 6. The number of primary amides is 1. The van der Waals surface area contributed by atoms with Crippen molar-refractivity contribution < 1.29 is 48.2 Å². The van der Waals surface area contributed by atoms with Crippen molar-refractivity contribution >= 4 is 70.6 Å². The normalized spacial score (nSPS) is 17.8. The van der Waals surface area contributed by atoms with Gasteiger partial charge in [-0.25, -0.2) is 9.59 Å². The molecule has 0 aromatic heterocycles. The quantitative estimate of drug-likeness (QED) is 0.0816. The van der Waals surface area contributed by atoms with Crippen molar-refractivity contribution in [2.75, 3.05) is 13.2 Å². The van der Waals surface area contributed by atoms with Gasteiger partial charge in [0, 0.05) is 12.6 Å². The third-order valence-electron chi connectivity index (χ3n) is 10.5. The van der Waals surface area contributed by atoms with Gasteiger partial charge in [0.05, 0.1) is 27.8 Å². The Morgan fingerprint density at radius 2 is 1.49 bits per heavy atom. The van der Waals surface area contributed by atoms with Crippen LogP contribution in [0.2, 0.25) is 10.0 Å². The average molecular weight is 866 g/mol. The van der Waals surface area contributed by atoms with Gasteiger partial charge in [0.15, 0.2) is 0 Å². The second-order valence-electron chi connectivity index (χ2n) is 15.8. The van der Waals surface area contributed by atoms with Gasteiger partial charge in [-0.1, -0.05) is 76.2 Å². The molecule has 18 heteroatoms. The lowest BCUT2D eigenvalue weighted by Crippen LogP contribution is -2.60. The zero-order chi connectivity index (χ0) is 44.0. The molecular formula is C41H58Cl2N6O10. The zero-order valence-corrected chi connectivity index (χ0v) is 35.8. The second-order valence-corrected chi connectivity index (χ2v) is 16.6. The number of nitrogens with two attached hydrogens (primary N) is 1. The molecule has 3 rings (SSSR count). The molecule has 1 aromatic rings. The van der Waals surface area contributed by atoms with E-state index in [0.29, 0.717) is 12.8 Å². The van der Waals surface area contributed by atoms with E-state index in [0.717, 1.165) is 44.2 Å². The van der Waals surface area contributed by atoms with Crippen LogP contribution in [0.3, 0.4) is 0 Å². The maximum atomic E-state index is 14.2. The number of aromatic carboxylic acids is 1. The summed E-state index contributed by atoms with van der Waals surface area (Å²) >= 11 is 12.1. The number of carbonyl (C=O) groups excluding carboxylic acids is 7. The highest BCUT2D eigenvalue weighted by Gasteiger charge is 2.41. The first-order valence-corrected chi connectivity index (χ1v) is 21.0. The monoisotopic (exact) mass is 864 g/mol. The summed E-state index contributed by atoms with van der Waals surface area (Å²) in [6, 6.07) is -3.29. The van der Waals surface area contributed by atoms with E-state index in [1.54, 1.807) is 20.8 Å². The number of rotatable bonds is 20. The van der Waals surface area contributed by atoms with E-state index in [9.17, 15) is 43.5 Å². The van der Waals surface area contributed by atoms with E-state index in [4.69, 9.17) is 33.7 Å². The Bertz CT molecular complexity index is 1750. The molecule has 326 valence electrons. The lowest BCUT2D eigenvalue weighted by molar-refractivity contribution is -0.143. The van der Waals surface area contributed by atoms with Gasteiger partial charge in [0.2, 0.25) is 29.5 Å². The van der Waals surface area contributed by atoms with Gasteiger partial charge in [0.1, 0.15) is 30.2 Å². The fourth-order valence-electron chi connectivity index (χ4n) is 7.41. The molecule has 59 heavy (non-hydrogen) atoms. The first kappa shape index (κ1) is 48.7. The third kappa shape index (κ3) is 14.2. The summed E-state index contributed by atoms with van der Waals surface area (Å²) in [5.74, 6) is -6.74. The number of likely N-dealkylation sites (tertiary alicyclic amines) is 1. The van der Waals surface area contributed by atoms with Gasteiger partial charge in [-0.2, -0.15) is 0 Å². The van der Waals surface area contributed by atoms with Crippen LogP contribution in [0.4, 0.5) is 0 Å². The highest BCUT2D eigenvalue weighted by atomic mass is 35.5. The van der Waals surface area contributed by atoms with Crippen molar-refractivity contribution in [2.45, 2.75) is 129 Å². The van der Waals surface area contributed by atoms with Gasteiger partial charge in [-0.15, -0.1) is 0 Å². The van der Waals surface area contributed by atoms with Crippen molar-refractivity contribution in [2.24, 2.45) is 23.5 Å². The number of allylic oxidation sites excluding steroid dienone is 1. The molecule has 1 saturated carbocycles. The summed E-state index contributed by atoms with van der Waals surface area (Å²) in [4.78, 5) is 107. The standard InChI is InChI=1S/C41H58Cl2N6O10/c1-6-59-32(50)17-11-10-15-29(45-36(52)25-20-27(42)28(43)21-26(25)41(57)58)37(53)47-33(23(4)5)40(56)49-18-12-16-31(49)39(55)46-30(19-22(2)3)38(54)48-34(35(44)51)24-13-8-7-9-14-24/h11,17,20-24,29-31,33-34H,6-10,12-16,18-19H2,1-5H3,(H2,44,51)(H,45,52)(H,46,55)(H,47,53)(H,48,54)(H,57,58)/b17-11+/t29-,30-,31-,33-,34-/m0/s1. The fourth-order valence-corrected chi connectivity index (χ4v) is 7.74. The summed E-state index contributed by atoms with van der Waals surface area (Å²) in [6.45, 7) is 9.16. The van der Waals surface area contributed by atoms with Crippen LogP contribution >= 0.6 is 23.2 Å². The van der Waals surface area contributed by atoms with Gasteiger partial charge < -0.3 is 41.7 Å². The van der Waals surface area contributed by atoms with Crippen molar-refractivity contribution in [3.05, 3.63) is 45.5 Å². The molecular weight excluding hydrogens is 807 g/mol. The van der Waals surface area contributed by atoms with Crippen LogP contribution < -0.4 is 27.0 Å². The number of esters is 1. The number of nitrogens with one attached hydrogen (secondary N) is 4. The number of carbonyl (C=O) groups is 8. The Hall–Kier alpha value is -4.70. The summed E-state index contributed by atoms with van der Waals surface area (Å²) in [6.07, 6.45) is 8.05. The molecule has 0 bridgehead atoms. The fraction of sp³-hybridized carbons (Fsp3) is 0.610. The minimum Gasteiger partial charge on any atom is -0.478 e. The highest BCUT2D eigenvalue weighted by Crippen LogP contribution is 2.28. The average Bonchev–Trinajstić information content (AvgIpc) is 3.67. The van der Waals surface area contributed by atoms with Crippen molar-refractivity contribution in [3.8, 4) is 0 Å². The van der Waals surface area contributed by atoms with Crippen LogP contribution in [0.25, 0.3) is 0 Å². The van der Waals surface area contributed by atoms with Crippen molar-refractivity contribution in [1.82, 2.24) is 26.2 Å². The number of nitrogens with zero attached hydrogens (tertiary/aromatic N) is 1. The Morgan fingerprint density at radius 3 is 2.07 bits per heavy atom. The van der Waals surface area contributed by atoms with Crippen LogP contribution in [0.5, 0.6) is 0 Å². The van der Waals surface area contributed by atoms with Gasteiger partial charge in [0.25, 0.3) is 5.91 Å². The first-order chi connectivity index (χ1) is 27.9. The van der Waals surface area contributed by atoms with E-state index >= 15 is 0 Å².